The molecule has 0 saturated carbocycles. The van der Waals surface area contributed by atoms with Crippen LogP contribution in [0.5, 0.6) is 0 Å². The smallest absolute Gasteiger partial charge is 0.300 e. The number of benzene rings is 1. The van der Waals surface area contributed by atoms with Gasteiger partial charge in [0, 0.05) is 16.6 Å². The van der Waals surface area contributed by atoms with Gasteiger partial charge >= 0.3 is 5.51 Å². The van der Waals surface area contributed by atoms with Crippen LogP contribution in [0.3, 0.4) is 0 Å². The fourth-order valence-corrected chi connectivity index (χ4v) is 2.73. The molecule has 6 heteroatoms. The molecule has 1 aromatic rings. The molecule has 0 N–H and O–H groups in total. The van der Waals surface area contributed by atoms with Crippen molar-refractivity contribution in [1.29, 1.82) is 0 Å². The maximum atomic E-state index is 12.3. The van der Waals surface area contributed by atoms with Gasteiger partial charge in [0.05, 0.1) is 0 Å². The van der Waals surface area contributed by atoms with Crippen molar-refractivity contribution in [3.8, 4) is 0 Å². The van der Waals surface area contributed by atoms with Gasteiger partial charge in [0.25, 0.3) is 0 Å². The van der Waals surface area contributed by atoms with E-state index < -0.39 is 5.51 Å². The fourth-order valence-electron chi connectivity index (χ4n) is 1.33. The molecule has 0 aliphatic heterocycles. The zero-order valence-corrected chi connectivity index (χ0v) is 11.4. The topological polar surface area (TPSA) is 17.1 Å². The summed E-state index contributed by atoms with van der Waals surface area (Å²) in [5.74, 6) is -0.0699. The molecular formula is C11H10BrF3OS. The van der Waals surface area contributed by atoms with Gasteiger partial charge in [0.1, 0.15) is 5.78 Å². The van der Waals surface area contributed by atoms with Gasteiger partial charge in [-0.05, 0) is 35.9 Å². The first-order valence-corrected chi connectivity index (χ1v) is 6.68. The van der Waals surface area contributed by atoms with Gasteiger partial charge in [-0.2, -0.15) is 13.2 Å². The molecule has 0 spiro atoms. The van der Waals surface area contributed by atoms with Crippen molar-refractivity contribution >= 4 is 33.5 Å². The lowest BCUT2D eigenvalue weighted by atomic mass is 10.1. The maximum absolute atomic E-state index is 12.3. The molecule has 1 aromatic carbocycles. The minimum Gasteiger partial charge on any atom is -0.300 e. The molecule has 0 heterocycles. The fraction of sp³-hybridized carbons (Fsp3) is 0.364. The van der Waals surface area contributed by atoms with Crippen LogP contribution in [0, 0.1) is 0 Å². The van der Waals surface area contributed by atoms with Gasteiger partial charge in [0.15, 0.2) is 0 Å². The van der Waals surface area contributed by atoms with E-state index in [0.717, 1.165) is 0 Å². The van der Waals surface area contributed by atoms with Gasteiger partial charge in [0.2, 0.25) is 0 Å². The van der Waals surface area contributed by atoms with Crippen LogP contribution in [0.25, 0.3) is 0 Å². The zero-order chi connectivity index (χ0) is 13.1. The predicted octanol–water partition coefficient (Wildman–Crippen LogP) is 4.32. The molecule has 1 nitrogen and oxygen atoms in total. The van der Waals surface area contributed by atoms with Crippen molar-refractivity contribution in [3.63, 3.8) is 0 Å². The van der Waals surface area contributed by atoms with Crippen LogP contribution in [-0.4, -0.2) is 11.3 Å². The van der Waals surface area contributed by atoms with Gasteiger partial charge in [-0.3, -0.25) is 4.79 Å². The summed E-state index contributed by atoms with van der Waals surface area (Å²) >= 11 is 3.00. The highest BCUT2D eigenvalue weighted by Gasteiger charge is 2.30. The van der Waals surface area contributed by atoms with Crippen molar-refractivity contribution in [1.82, 2.24) is 0 Å². The number of thioether (sulfide) groups is 1. The van der Waals surface area contributed by atoms with E-state index in [2.05, 4.69) is 15.9 Å². The number of rotatable bonds is 4. The van der Waals surface area contributed by atoms with Crippen LogP contribution in [0.2, 0.25) is 0 Å². The Hall–Kier alpha value is -0.490. The van der Waals surface area contributed by atoms with E-state index in [1.807, 2.05) is 0 Å². The number of ketones is 1. The normalized spacial score (nSPS) is 11.6. The van der Waals surface area contributed by atoms with Gasteiger partial charge in [-0.25, -0.2) is 0 Å². The number of carbonyl (C=O) groups excluding carboxylic acids is 1. The van der Waals surface area contributed by atoms with E-state index in [1.165, 1.54) is 13.0 Å². The molecular weight excluding hydrogens is 317 g/mol. The lowest BCUT2D eigenvalue weighted by Crippen LogP contribution is -2.02. The van der Waals surface area contributed by atoms with Crippen LogP contribution in [0.1, 0.15) is 18.1 Å². The van der Waals surface area contributed by atoms with E-state index in [9.17, 15) is 18.0 Å². The van der Waals surface area contributed by atoms with Crippen molar-refractivity contribution in [3.05, 3.63) is 29.3 Å². The Balaban J connectivity index is 3.02. The summed E-state index contributed by atoms with van der Waals surface area (Å²) in [5.41, 5.74) is -3.14. The Labute approximate surface area is 110 Å². The summed E-state index contributed by atoms with van der Waals surface area (Å²) in [7, 11) is 0. The van der Waals surface area contributed by atoms with Crippen LogP contribution >= 0.6 is 27.7 Å². The minimum atomic E-state index is -4.31. The van der Waals surface area contributed by atoms with Crippen molar-refractivity contribution in [2.24, 2.45) is 0 Å². The molecule has 0 amide bonds. The Morgan fingerprint density at radius 3 is 2.53 bits per heavy atom. The number of hydrogen-bond acceptors (Lipinski definition) is 2. The molecule has 94 valence electrons. The average Bonchev–Trinajstić information content (AvgIpc) is 2.14. The second kappa shape index (κ2) is 5.91. The third kappa shape index (κ3) is 5.12. The average molecular weight is 327 g/mol. The predicted molar refractivity (Wildman–Crippen MR) is 65.4 cm³/mol. The molecule has 0 unspecified atom stereocenters. The molecule has 0 bridgehead atoms. The molecule has 0 aliphatic carbocycles. The lowest BCUT2D eigenvalue weighted by Gasteiger charge is -2.11. The number of alkyl halides is 4. The first-order valence-electron chi connectivity index (χ1n) is 4.75. The van der Waals surface area contributed by atoms with E-state index in [1.54, 1.807) is 12.1 Å². The molecule has 0 fully saturated rings. The highest BCUT2D eigenvalue weighted by Crippen LogP contribution is 2.39. The second-order valence-electron chi connectivity index (χ2n) is 3.50. The molecule has 17 heavy (non-hydrogen) atoms. The Morgan fingerprint density at radius 1 is 1.41 bits per heavy atom. The van der Waals surface area contributed by atoms with Crippen LogP contribution in [0.4, 0.5) is 13.2 Å². The highest BCUT2D eigenvalue weighted by molar-refractivity contribution is 9.08. The largest absolute Gasteiger partial charge is 0.446 e. The Morgan fingerprint density at radius 2 is 2.06 bits per heavy atom. The second-order valence-corrected chi connectivity index (χ2v) is 5.17. The number of carbonyl (C=O) groups is 1. The summed E-state index contributed by atoms with van der Waals surface area (Å²) in [4.78, 5) is 11.1. The van der Waals surface area contributed by atoms with E-state index in [-0.39, 0.29) is 28.9 Å². The monoisotopic (exact) mass is 326 g/mol. The summed E-state index contributed by atoms with van der Waals surface area (Å²) in [6, 6.07) is 4.72. The SMILES string of the molecule is CC(=O)Cc1ccc(CBr)c(SC(F)(F)F)c1. The highest BCUT2D eigenvalue weighted by atomic mass is 79.9. The Bertz CT molecular complexity index is 418. The lowest BCUT2D eigenvalue weighted by molar-refractivity contribution is -0.116. The van der Waals surface area contributed by atoms with Crippen LogP contribution in [-0.2, 0) is 16.5 Å². The third-order valence-corrected chi connectivity index (χ3v) is 3.39. The van der Waals surface area contributed by atoms with E-state index in [0.29, 0.717) is 16.5 Å². The van der Waals surface area contributed by atoms with Crippen molar-refractivity contribution < 1.29 is 18.0 Å². The summed E-state index contributed by atoms with van der Waals surface area (Å²) in [6.45, 7) is 1.41. The number of Topliss-reactive ketones (excluding diaryl/α,β-unsaturated/α-hetero) is 1. The van der Waals surface area contributed by atoms with Gasteiger partial charge < -0.3 is 0 Å². The maximum Gasteiger partial charge on any atom is 0.446 e. The summed E-state index contributed by atoms with van der Waals surface area (Å²) < 4.78 is 37.0. The first kappa shape index (κ1) is 14.6. The standard InChI is InChI=1S/C11H10BrF3OS/c1-7(16)4-8-2-3-9(6-12)10(5-8)17-11(13,14)15/h2-3,5H,4,6H2,1H3. The number of halogens is 4. The minimum absolute atomic E-state index is 0.0699. The van der Waals surface area contributed by atoms with Crippen molar-refractivity contribution in [2.45, 2.75) is 29.1 Å². The molecule has 0 radical (unpaired) electrons. The summed E-state index contributed by atoms with van der Waals surface area (Å²) in [6.07, 6.45) is 0.161. The third-order valence-electron chi connectivity index (χ3n) is 1.95. The molecule has 1 rings (SSSR count). The Kier molecular flexibility index (Phi) is 5.06. The molecule has 0 atom stereocenters. The zero-order valence-electron chi connectivity index (χ0n) is 8.97. The van der Waals surface area contributed by atoms with Crippen LogP contribution in [0.15, 0.2) is 23.1 Å². The molecule has 0 saturated heterocycles. The van der Waals surface area contributed by atoms with Gasteiger partial charge in [-0.15, -0.1) is 0 Å². The summed E-state index contributed by atoms with van der Waals surface area (Å²) in [5, 5.41) is 0.353. The van der Waals surface area contributed by atoms with E-state index >= 15 is 0 Å². The quantitative estimate of drug-likeness (QED) is 0.605. The number of hydrogen-bond donors (Lipinski definition) is 0. The van der Waals surface area contributed by atoms with Gasteiger partial charge in [-0.1, -0.05) is 28.1 Å². The van der Waals surface area contributed by atoms with Crippen LogP contribution < -0.4 is 0 Å². The van der Waals surface area contributed by atoms with Crippen molar-refractivity contribution in [2.75, 3.05) is 0 Å². The molecule has 0 aliphatic rings. The first-order chi connectivity index (χ1) is 7.81. The van der Waals surface area contributed by atoms with E-state index in [4.69, 9.17) is 0 Å². The molecule has 0 aromatic heterocycles.